The van der Waals surface area contributed by atoms with E-state index in [1.54, 1.807) is 0 Å². The molecule has 0 aliphatic carbocycles. The van der Waals surface area contributed by atoms with Gasteiger partial charge in [-0.05, 0) is 33.7 Å². The molecular weight excluding hydrogens is 174 g/mol. The zero-order chi connectivity index (χ0) is 10.6. The normalized spacial score (nSPS) is 24.6. The molecule has 0 unspecified atom stereocenters. The molecule has 1 N–H and O–H groups in total. The van der Waals surface area contributed by atoms with E-state index in [2.05, 4.69) is 23.2 Å². The van der Waals surface area contributed by atoms with Gasteiger partial charge in [0.2, 0.25) is 0 Å². The molecule has 1 saturated heterocycles. The van der Waals surface area contributed by atoms with Gasteiger partial charge in [0.25, 0.3) is 0 Å². The quantitative estimate of drug-likeness (QED) is 0.736. The van der Waals surface area contributed by atoms with Crippen molar-refractivity contribution in [2.45, 2.75) is 33.2 Å². The van der Waals surface area contributed by atoms with Crippen LogP contribution >= 0.6 is 0 Å². The molecule has 0 amide bonds. The molecule has 3 nitrogen and oxygen atoms in total. The minimum Gasteiger partial charge on any atom is -0.312 e. The van der Waals surface area contributed by atoms with Crippen molar-refractivity contribution in [3.63, 3.8) is 0 Å². The van der Waals surface area contributed by atoms with Gasteiger partial charge in [0.05, 0.1) is 11.5 Å². The van der Waals surface area contributed by atoms with Crippen LogP contribution in [0.1, 0.15) is 27.2 Å². The molecule has 1 atom stereocenters. The van der Waals surface area contributed by atoms with Crippen LogP contribution in [0, 0.1) is 16.7 Å². The molecule has 1 aliphatic rings. The average Bonchev–Trinajstić information content (AvgIpc) is 2.15. The van der Waals surface area contributed by atoms with E-state index in [9.17, 15) is 0 Å². The molecule has 80 valence electrons. The van der Waals surface area contributed by atoms with Gasteiger partial charge in [0.15, 0.2) is 0 Å². The van der Waals surface area contributed by atoms with Crippen LogP contribution in [0.25, 0.3) is 0 Å². The third kappa shape index (κ3) is 3.65. The minimum atomic E-state index is -0.173. The molecule has 1 rings (SSSR count). The molecule has 1 fully saturated rings. The highest BCUT2D eigenvalue weighted by molar-refractivity contribution is 4.92. The summed E-state index contributed by atoms with van der Waals surface area (Å²) in [7, 11) is 0. The second kappa shape index (κ2) is 4.77. The molecule has 0 aromatic heterocycles. The topological polar surface area (TPSA) is 39.1 Å². The van der Waals surface area contributed by atoms with Gasteiger partial charge in [-0.2, -0.15) is 5.26 Å². The predicted molar refractivity (Wildman–Crippen MR) is 57.9 cm³/mol. The van der Waals surface area contributed by atoms with E-state index < -0.39 is 0 Å². The van der Waals surface area contributed by atoms with Crippen LogP contribution in [0.3, 0.4) is 0 Å². The van der Waals surface area contributed by atoms with Gasteiger partial charge in [-0.3, -0.25) is 0 Å². The Morgan fingerprint density at radius 1 is 1.57 bits per heavy atom. The van der Waals surface area contributed by atoms with Crippen LogP contribution in [0.5, 0.6) is 0 Å². The molecule has 0 saturated carbocycles. The Morgan fingerprint density at radius 2 is 2.29 bits per heavy atom. The Kier molecular flexibility index (Phi) is 3.91. The lowest BCUT2D eigenvalue weighted by atomic mass is 9.91. The number of rotatable bonds is 3. The summed E-state index contributed by atoms with van der Waals surface area (Å²) < 4.78 is 0. The maximum atomic E-state index is 8.89. The van der Waals surface area contributed by atoms with Crippen molar-refractivity contribution in [2.75, 3.05) is 26.2 Å². The first-order valence-corrected chi connectivity index (χ1v) is 5.40. The van der Waals surface area contributed by atoms with Crippen molar-refractivity contribution < 1.29 is 0 Å². The van der Waals surface area contributed by atoms with Gasteiger partial charge in [-0.1, -0.05) is 0 Å². The molecule has 1 aliphatic heterocycles. The molecule has 0 aromatic carbocycles. The molecule has 0 aromatic rings. The van der Waals surface area contributed by atoms with Crippen LogP contribution in [-0.2, 0) is 0 Å². The Bertz CT molecular complexity index is 217. The van der Waals surface area contributed by atoms with Crippen molar-refractivity contribution in [1.29, 1.82) is 5.26 Å². The largest absolute Gasteiger partial charge is 0.312 e. The van der Waals surface area contributed by atoms with E-state index in [-0.39, 0.29) is 5.41 Å². The van der Waals surface area contributed by atoms with Crippen molar-refractivity contribution in [2.24, 2.45) is 5.41 Å². The van der Waals surface area contributed by atoms with E-state index in [0.29, 0.717) is 6.04 Å². The number of nitriles is 1. The highest BCUT2D eigenvalue weighted by Crippen LogP contribution is 2.19. The third-order valence-corrected chi connectivity index (χ3v) is 2.81. The van der Waals surface area contributed by atoms with Gasteiger partial charge in [-0.25, -0.2) is 0 Å². The standard InChI is InChI=1S/C11H21N3/c1-10-8-14(7-5-13-10)6-4-11(2,3)9-12/h10,13H,4-8H2,1-3H3/t10-/m1/s1. The highest BCUT2D eigenvalue weighted by atomic mass is 15.2. The first-order chi connectivity index (χ1) is 6.53. The summed E-state index contributed by atoms with van der Waals surface area (Å²) >= 11 is 0. The van der Waals surface area contributed by atoms with Crippen molar-refractivity contribution in [1.82, 2.24) is 10.2 Å². The molecule has 1 heterocycles. The van der Waals surface area contributed by atoms with E-state index in [0.717, 1.165) is 32.6 Å². The van der Waals surface area contributed by atoms with Gasteiger partial charge < -0.3 is 10.2 Å². The predicted octanol–water partition coefficient (Wildman–Crippen LogP) is 1.22. The summed E-state index contributed by atoms with van der Waals surface area (Å²) in [5, 5.41) is 12.3. The first-order valence-electron chi connectivity index (χ1n) is 5.40. The van der Waals surface area contributed by atoms with Crippen LogP contribution < -0.4 is 5.32 Å². The summed E-state index contributed by atoms with van der Waals surface area (Å²) in [5.74, 6) is 0. The maximum absolute atomic E-state index is 8.89. The lowest BCUT2D eigenvalue weighted by Gasteiger charge is -2.33. The summed E-state index contributed by atoms with van der Waals surface area (Å²) in [5.41, 5.74) is -0.173. The average molecular weight is 195 g/mol. The van der Waals surface area contributed by atoms with Gasteiger partial charge in [0, 0.05) is 25.7 Å². The molecule has 0 radical (unpaired) electrons. The second-order valence-electron chi connectivity index (χ2n) is 4.90. The van der Waals surface area contributed by atoms with Crippen LogP contribution in [0.15, 0.2) is 0 Å². The Morgan fingerprint density at radius 3 is 2.86 bits per heavy atom. The summed E-state index contributed by atoms with van der Waals surface area (Å²) in [6, 6.07) is 2.94. The zero-order valence-corrected chi connectivity index (χ0v) is 9.51. The van der Waals surface area contributed by atoms with Crippen LogP contribution in [0.4, 0.5) is 0 Å². The van der Waals surface area contributed by atoms with Gasteiger partial charge in [0.1, 0.15) is 0 Å². The van der Waals surface area contributed by atoms with Gasteiger partial charge in [-0.15, -0.1) is 0 Å². The van der Waals surface area contributed by atoms with E-state index in [1.165, 1.54) is 0 Å². The van der Waals surface area contributed by atoms with E-state index >= 15 is 0 Å². The van der Waals surface area contributed by atoms with E-state index in [4.69, 9.17) is 5.26 Å². The monoisotopic (exact) mass is 195 g/mol. The van der Waals surface area contributed by atoms with Crippen LogP contribution in [0.2, 0.25) is 0 Å². The number of hydrogen-bond acceptors (Lipinski definition) is 3. The van der Waals surface area contributed by atoms with E-state index in [1.807, 2.05) is 13.8 Å². The second-order valence-corrected chi connectivity index (χ2v) is 4.90. The smallest absolute Gasteiger partial charge is 0.0684 e. The fourth-order valence-corrected chi connectivity index (χ4v) is 1.71. The fraction of sp³-hybridized carbons (Fsp3) is 0.909. The molecule has 0 spiro atoms. The van der Waals surface area contributed by atoms with Crippen molar-refractivity contribution in [3.05, 3.63) is 0 Å². The molecule has 3 heteroatoms. The fourth-order valence-electron chi connectivity index (χ4n) is 1.71. The zero-order valence-electron chi connectivity index (χ0n) is 9.51. The molecule has 0 bridgehead atoms. The Balaban J connectivity index is 2.28. The summed E-state index contributed by atoms with van der Waals surface area (Å²) in [4.78, 5) is 2.44. The number of nitrogens with zero attached hydrogens (tertiary/aromatic N) is 2. The van der Waals surface area contributed by atoms with Crippen molar-refractivity contribution in [3.8, 4) is 6.07 Å². The molecular formula is C11H21N3. The first kappa shape index (κ1) is 11.5. The maximum Gasteiger partial charge on any atom is 0.0684 e. The minimum absolute atomic E-state index is 0.173. The SMILES string of the molecule is C[C@@H]1CN(CCC(C)(C)C#N)CCN1. The third-order valence-electron chi connectivity index (χ3n) is 2.81. The van der Waals surface area contributed by atoms with Crippen LogP contribution in [-0.4, -0.2) is 37.1 Å². The number of nitrogens with one attached hydrogen (secondary N) is 1. The number of piperazine rings is 1. The Labute approximate surface area is 87.1 Å². The lowest BCUT2D eigenvalue weighted by Crippen LogP contribution is -2.49. The van der Waals surface area contributed by atoms with Gasteiger partial charge >= 0.3 is 0 Å². The molecule has 14 heavy (non-hydrogen) atoms. The summed E-state index contributed by atoms with van der Waals surface area (Å²) in [6.07, 6.45) is 0.968. The lowest BCUT2D eigenvalue weighted by molar-refractivity contribution is 0.189. The highest BCUT2D eigenvalue weighted by Gasteiger charge is 2.20. The Hall–Kier alpha value is -0.590. The van der Waals surface area contributed by atoms with Crippen molar-refractivity contribution >= 4 is 0 Å². The number of hydrogen-bond donors (Lipinski definition) is 1. The summed E-state index contributed by atoms with van der Waals surface area (Å²) in [6.45, 7) is 10.6.